The van der Waals surface area contributed by atoms with Crippen LogP contribution in [0.15, 0.2) is 109 Å². The van der Waals surface area contributed by atoms with Gasteiger partial charge in [0.25, 0.3) is 0 Å². The van der Waals surface area contributed by atoms with Crippen molar-refractivity contribution in [3.8, 4) is 0 Å². The van der Waals surface area contributed by atoms with Crippen molar-refractivity contribution in [1.82, 2.24) is 0 Å². The van der Waals surface area contributed by atoms with Gasteiger partial charge in [0.1, 0.15) is 13.2 Å². The molecule has 0 saturated carbocycles. The van der Waals surface area contributed by atoms with E-state index in [1.165, 1.54) is 148 Å². The first-order chi connectivity index (χ1) is 39.5. The Balaban J connectivity index is 4.24. The molecule has 6 heteroatoms. The normalized spacial score (nSPS) is 12.8. The van der Waals surface area contributed by atoms with E-state index in [0.717, 1.165) is 135 Å². The summed E-state index contributed by atoms with van der Waals surface area (Å²) in [6.45, 7) is 6.45. The number of ether oxygens (including phenoxy) is 3. The van der Waals surface area contributed by atoms with E-state index in [4.69, 9.17) is 14.2 Å². The van der Waals surface area contributed by atoms with Crippen LogP contribution in [0.5, 0.6) is 0 Å². The lowest BCUT2D eigenvalue weighted by molar-refractivity contribution is -0.167. The summed E-state index contributed by atoms with van der Waals surface area (Å²) in [6.07, 6.45) is 92.5. The standard InChI is InChI=1S/C74H126O6/c1-4-7-10-13-16-19-22-25-27-29-31-32-33-34-35-36-37-38-39-40-41-42-43-45-46-49-52-55-58-61-64-67-73(76)79-70-71(69-78-72(75)66-63-60-57-54-51-48-24-21-18-15-12-9-6-3)80-74(77)68-65-62-59-56-53-50-47-44-30-28-26-23-20-17-14-11-8-5-2/h7,10,12,15-16,19-21,23-25,27-28,30-32,34-35,71H,4-6,8-9,11,13-14,17-18,22,26,29,33,36-70H2,1-3H3/b10-7-,15-12-,19-16-,23-20-,24-21-,27-25-,30-28-,32-31-,35-34-. The highest BCUT2D eigenvalue weighted by Gasteiger charge is 2.19. The summed E-state index contributed by atoms with van der Waals surface area (Å²) in [5, 5.41) is 0. The van der Waals surface area contributed by atoms with Crippen LogP contribution in [-0.2, 0) is 28.6 Å². The summed E-state index contributed by atoms with van der Waals surface area (Å²) in [5.74, 6) is -0.897. The zero-order chi connectivity index (χ0) is 57.8. The van der Waals surface area contributed by atoms with E-state index in [1.54, 1.807) is 0 Å². The fourth-order valence-corrected chi connectivity index (χ4v) is 9.42. The Kier molecular flexibility index (Phi) is 64.3. The molecule has 0 rings (SSSR count). The third-order valence-corrected chi connectivity index (χ3v) is 14.5. The first-order valence-electron chi connectivity index (χ1n) is 33.9. The number of hydrogen-bond donors (Lipinski definition) is 0. The molecule has 0 aliphatic carbocycles. The molecule has 0 aromatic rings. The average molecular weight is 1110 g/mol. The van der Waals surface area contributed by atoms with E-state index in [9.17, 15) is 14.4 Å². The minimum Gasteiger partial charge on any atom is -0.462 e. The van der Waals surface area contributed by atoms with Gasteiger partial charge < -0.3 is 14.2 Å². The van der Waals surface area contributed by atoms with Gasteiger partial charge in [-0.05, 0) is 122 Å². The predicted molar refractivity (Wildman–Crippen MR) is 348 cm³/mol. The average Bonchev–Trinajstić information content (AvgIpc) is 3.46. The third-order valence-electron chi connectivity index (χ3n) is 14.5. The lowest BCUT2D eigenvalue weighted by Gasteiger charge is -2.18. The van der Waals surface area contributed by atoms with Crippen LogP contribution in [0.4, 0.5) is 0 Å². The quantitative estimate of drug-likeness (QED) is 0.0261. The lowest BCUT2D eigenvalue weighted by atomic mass is 10.0. The van der Waals surface area contributed by atoms with Crippen molar-refractivity contribution < 1.29 is 28.6 Å². The van der Waals surface area contributed by atoms with Crippen LogP contribution in [0.2, 0.25) is 0 Å². The molecular weight excluding hydrogens is 985 g/mol. The molecule has 0 aliphatic heterocycles. The summed E-state index contributed by atoms with van der Waals surface area (Å²) in [4.78, 5) is 38.3. The molecule has 0 saturated heterocycles. The van der Waals surface area contributed by atoms with E-state index in [0.29, 0.717) is 19.3 Å². The molecule has 0 radical (unpaired) electrons. The van der Waals surface area contributed by atoms with E-state index < -0.39 is 6.10 Å². The van der Waals surface area contributed by atoms with Crippen molar-refractivity contribution in [3.63, 3.8) is 0 Å². The zero-order valence-electron chi connectivity index (χ0n) is 52.6. The molecule has 0 N–H and O–H groups in total. The Morgan fingerprint density at radius 1 is 0.263 bits per heavy atom. The summed E-state index contributed by atoms with van der Waals surface area (Å²) in [5.41, 5.74) is 0. The maximum absolute atomic E-state index is 12.9. The minimum absolute atomic E-state index is 0.0846. The Morgan fingerprint density at radius 2 is 0.512 bits per heavy atom. The molecule has 1 unspecified atom stereocenters. The van der Waals surface area contributed by atoms with Crippen molar-refractivity contribution in [2.24, 2.45) is 0 Å². The van der Waals surface area contributed by atoms with E-state index >= 15 is 0 Å². The fraction of sp³-hybridized carbons (Fsp3) is 0.716. The molecule has 458 valence electrons. The van der Waals surface area contributed by atoms with Crippen LogP contribution in [0.25, 0.3) is 0 Å². The molecule has 1 atom stereocenters. The van der Waals surface area contributed by atoms with Crippen molar-refractivity contribution in [2.75, 3.05) is 13.2 Å². The maximum atomic E-state index is 12.9. The van der Waals surface area contributed by atoms with Crippen LogP contribution in [0, 0.1) is 0 Å². The van der Waals surface area contributed by atoms with Crippen LogP contribution in [0.3, 0.4) is 0 Å². The second-order valence-electron chi connectivity index (χ2n) is 22.3. The highest BCUT2D eigenvalue weighted by Crippen LogP contribution is 2.17. The first-order valence-corrected chi connectivity index (χ1v) is 33.9. The van der Waals surface area contributed by atoms with Gasteiger partial charge in [-0.3, -0.25) is 14.4 Å². The second kappa shape index (κ2) is 67.6. The van der Waals surface area contributed by atoms with E-state index in [1.807, 2.05) is 0 Å². The lowest BCUT2D eigenvalue weighted by Crippen LogP contribution is -2.30. The van der Waals surface area contributed by atoms with Gasteiger partial charge in [0.2, 0.25) is 0 Å². The molecule has 80 heavy (non-hydrogen) atoms. The topological polar surface area (TPSA) is 78.9 Å². The van der Waals surface area contributed by atoms with Gasteiger partial charge >= 0.3 is 17.9 Å². The smallest absolute Gasteiger partial charge is 0.306 e. The Hall–Kier alpha value is -3.93. The Bertz CT molecular complexity index is 1610. The third kappa shape index (κ3) is 64.9. The highest BCUT2D eigenvalue weighted by molar-refractivity contribution is 5.71. The number of hydrogen-bond acceptors (Lipinski definition) is 6. The number of unbranched alkanes of at least 4 members (excludes halogenated alkanes) is 32. The summed E-state index contributed by atoms with van der Waals surface area (Å²) >= 11 is 0. The second-order valence-corrected chi connectivity index (χ2v) is 22.3. The number of carbonyl (C=O) groups is 3. The predicted octanol–water partition coefficient (Wildman–Crippen LogP) is 23.4. The minimum atomic E-state index is -0.789. The Labute approximate surface area is 495 Å². The molecule has 0 aliphatic rings. The van der Waals surface area contributed by atoms with E-state index in [2.05, 4.69) is 130 Å². The van der Waals surface area contributed by atoms with Gasteiger partial charge in [0.15, 0.2) is 6.10 Å². The van der Waals surface area contributed by atoms with Gasteiger partial charge in [0.05, 0.1) is 0 Å². The molecule has 0 aromatic heterocycles. The van der Waals surface area contributed by atoms with Crippen LogP contribution in [0.1, 0.15) is 323 Å². The molecule has 0 bridgehead atoms. The van der Waals surface area contributed by atoms with Gasteiger partial charge in [-0.1, -0.05) is 291 Å². The van der Waals surface area contributed by atoms with Gasteiger partial charge in [-0.15, -0.1) is 0 Å². The van der Waals surface area contributed by atoms with Crippen LogP contribution >= 0.6 is 0 Å². The highest BCUT2D eigenvalue weighted by atomic mass is 16.6. The zero-order valence-corrected chi connectivity index (χ0v) is 52.6. The molecule has 6 nitrogen and oxygen atoms in total. The largest absolute Gasteiger partial charge is 0.462 e. The molecule has 0 aromatic carbocycles. The van der Waals surface area contributed by atoms with Crippen molar-refractivity contribution in [3.05, 3.63) is 109 Å². The number of carbonyl (C=O) groups excluding carboxylic acids is 3. The number of allylic oxidation sites excluding steroid dienone is 18. The molecule has 0 spiro atoms. The van der Waals surface area contributed by atoms with Crippen molar-refractivity contribution in [1.29, 1.82) is 0 Å². The molecule has 0 amide bonds. The number of rotatable bonds is 61. The Morgan fingerprint density at radius 3 is 0.812 bits per heavy atom. The molecule has 0 heterocycles. The van der Waals surface area contributed by atoms with Gasteiger partial charge in [0, 0.05) is 19.3 Å². The molecular formula is C74H126O6. The van der Waals surface area contributed by atoms with Crippen LogP contribution in [-0.4, -0.2) is 37.2 Å². The van der Waals surface area contributed by atoms with Gasteiger partial charge in [-0.25, -0.2) is 0 Å². The maximum Gasteiger partial charge on any atom is 0.306 e. The summed E-state index contributed by atoms with van der Waals surface area (Å²) in [6, 6.07) is 0. The molecule has 0 fully saturated rings. The summed E-state index contributed by atoms with van der Waals surface area (Å²) < 4.78 is 16.9. The SMILES string of the molecule is CC/C=C\C/C=C\C/C=C\C/C=C\C/C=C\CCCCCCCCCCCCCCCCCC(=O)OCC(COC(=O)CCCCCCC/C=C\C/C=C\CCC)OC(=O)CCCCCCCCC/C=C\C/C=C\CCCCCC. The van der Waals surface area contributed by atoms with Crippen molar-refractivity contribution in [2.45, 2.75) is 329 Å². The van der Waals surface area contributed by atoms with Gasteiger partial charge in [-0.2, -0.15) is 0 Å². The van der Waals surface area contributed by atoms with Crippen molar-refractivity contribution >= 4 is 17.9 Å². The van der Waals surface area contributed by atoms with E-state index in [-0.39, 0.29) is 31.1 Å². The number of esters is 3. The van der Waals surface area contributed by atoms with Crippen LogP contribution < -0.4 is 0 Å². The first kappa shape index (κ1) is 76.1. The summed E-state index contributed by atoms with van der Waals surface area (Å²) in [7, 11) is 0. The monoisotopic (exact) mass is 1110 g/mol. The fourth-order valence-electron chi connectivity index (χ4n) is 9.42.